The van der Waals surface area contributed by atoms with E-state index in [1.165, 1.54) is 19.5 Å². The van der Waals surface area contributed by atoms with E-state index in [1.54, 1.807) is 7.11 Å². The third-order valence-electron chi connectivity index (χ3n) is 2.84. The fourth-order valence-electron chi connectivity index (χ4n) is 2.06. The molecule has 0 aromatic carbocycles. The van der Waals surface area contributed by atoms with Gasteiger partial charge in [-0.25, -0.2) is 0 Å². The summed E-state index contributed by atoms with van der Waals surface area (Å²) in [7, 11) is 3.80. The second-order valence-electron chi connectivity index (χ2n) is 4.01. The molecule has 0 bridgehead atoms. The highest BCUT2D eigenvalue weighted by Crippen LogP contribution is 2.17. The number of hydrogen-bond donors (Lipinski definition) is 1. The van der Waals surface area contributed by atoms with Gasteiger partial charge < -0.3 is 10.1 Å². The Morgan fingerprint density at radius 1 is 1.62 bits per heavy atom. The summed E-state index contributed by atoms with van der Waals surface area (Å²) in [6, 6.07) is 0.576. The van der Waals surface area contributed by atoms with Crippen LogP contribution in [0, 0.1) is 5.92 Å². The number of rotatable bonds is 5. The fraction of sp³-hybridized carbons (Fsp3) is 1.00. The summed E-state index contributed by atoms with van der Waals surface area (Å²) in [5.41, 5.74) is 0. The molecule has 0 saturated carbocycles. The van der Waals surface area contributed by atoms with Crippen LogP contribution in [0.5, 0.6) is 0 Å². The predicted molar refractivity (Wildman–Crippen MR) is 54.9 cm³/mol. The molecule has 0 amide bonds. The zero-order valence-corrected chi connectivity index (χ0v) is 9.05. The van der Waals surface area contributed by atoms with E-state index in [2.05, 4.69) is 17.1 Å². The molecule has 78 valence electrons. The van der Waals surface area contributed by atoms with Crippen molar-refractivity contribution < 1.29 is 4.74 Å². The molecule has 1 N–H and O–H groups in total. The first-order chi connectivity index (χ1) is 6.27. The van der Waals surface area contributed by atoms with Crippen molar-refractivity contribution in [1.82, 2.24) is 10.2 Å². The zero-order chi connectivity index (χ0) is 9.68. The number of nitrogens with one attached hydrogen (secondary N) is 1. The Hall–Kier alpha value is -0.120. The van der Waals surface area contributed by atoms with Gasteiger partial charge in [0, 0.05) is 19.7 Å². The number of ether oxygens (including phenoxy) is 1. The first kappa shape index (κ1) is 11.0. The van der Waals surface area contributed by atoms with Crippen LogP contribution in [0.15, 0.2) is 0 Å². The summed E-state index contributed by atoms with van der Waals surface area (Å²) in [5.74, 6) is 0.837. The summed E-state index contributed by atoms with van der Waals surface area (Å²) in [4.78, 5) is 2.52. The number of likely N-dealkylation sites (tertiary alicyclic amines) is 1. The molecule has 0 spiro atoms. The first-order valence-corrected chi connectivity index (χ1v) is 5.15. The van der Waals surface area contributed by atoms with E-state index in [0.29, 0.717) is 6.04 Å². The van der Waals surface area contributed by atoms with Crippen molar-refractivity contribution in [3.05, 3.63) is 0 Å². The van der Waals surface area contributed by atoms with E-state index in [-0.39, 0.29) is 0 Å². The second-order valence-corrected chi connectivity index (χ2v) is 4.01. The van der Waals surface area contributed by atoms with Gasteiger partial charge in [-0.15, -0.1) is 0 Å². The SMILES string of the molecule is CNCC1CCN(C(C)COC)C1. The minimum Gasteiger partial charge on any atom is -0.383 e. The Bertz CT molecular complexity index is 141. The molecule has 0 radical (unpaired) electrons. The monoisotopic (exact) mass is 186 g/mol. The van der Waals surface area contributed by atoms with Crippen LogP contribution >= 0.6 is 0 Å². The van der Waals surface area contributed by atoms with Gasteiger partial charge in [0.2, 0.25) is 0 Å². The maximum absolute atomic E-state index is 5.15. The van der Waals surface area contributed by atoms with Gasteiger partial charge in [-0.2, -0.15) is 0 Å². The summed E-state index contributed by atoms with van der Waals surface area (Å²) >= 11 is 0. The van der Waals surface area contributed by atoms with Crippen LogP contribution in [-0.2, 0) is 4.74 Å². The zero-order valence-electron chi connectivity index (χ0n) is 9.05. The Morgan fingerprint density at radius 3 is 3.00 bits per heavy atom. The standard InChI is InChI=1S/C10H22N2O/c1-9(8-13-3)12-5-4-10(7-12)6-11-2/h9-11H,4-8H2,1-3H3. The quantitative estimate of drug-likeness (QED) is 0.679. The van der Waals surface area contributed by atoms with Gasteiger partial charge >= 0.3 is 0 Å². The summed E-state index contributed by atoms with van der Waals surface area (Å²) in [5, 5.41) is 3.24. The van der Waals surface area contributed by atoms with E-state index in [4.69, 9.17) is 4.74 Å². The Labute approximate surface area is 81.4 Å². The second kappa shape index (κ2) is 5.58. The first-order valence-electron chi connectivity index (χ1n) is 5.15. The van der Waals surface area contributed by atoms with Crippen LogP contribution in [-0.4, -0.2) is 51.3 Å². The van der Waals surface area contributed by atoms with Crippen molar-refractivity contribution >= 4 is 0 Å². The van der Waals surface area contributed by atoms with Gasteiger partial charge in [-0.1, -0.05) is 0 Å². The molecule has 0 aliphatic carbocycles. The van der Waals surface area contributed by atoms with Crippen molar-refractivity contribution in [1.29, 1.82) is 0 Å². The molecule has 1 saturated heterocycles. The summed E-state index contributed by atoms with van der Waals surface area (Å²) in [6.45, 7) is 6.70. The molecule has 1 aliphatic rings. The molecule has 1 heterocycles. The smallest absolute Gasteiger partial charge is 0.0615 e. The van der Waals surface area contributed by atoms with Gasteiger partial charge in [0.05, 0.1) is 6.61 Å². The maximum atomic E-state index is 5.15. The lowest BCUT2D eigenvalue weighted by molar-refractivity contribution is 0.112. The molecule has 1 rings (SSSR count). The van der Waals surface area contributed by atoms with E-state index in [0.717, 1.165) is 19.1 Å². The third kappa shape index (κ3) is 3.25. The van der Waals surface area contributed by atoms with Crippen molar-refractivity contribution in [2.24, 2.45) is 5.92 Å². The minimum atomic E-state index is 0.576. The fourth-order valence-corrected chi connectivity index (χ4v) is 2.06. The maximum Gasteiger partial charge on any atom is 0.0615 e. The molecular weight excluding hydrogens is 164 g/mol. The van der Waals surface area contributed by atoms with Crippen molar-refractivity contribution in [3.63, 3.8) is 0 Å². The highest BCUT2D eigenvalue weighted by molar-refractivity contribution is 4.80. The molecule has 0 aromatic heterocycles. The molecule has 2 unspecified atom stereocenters. The average molecular weight is 186 g/mol. The Kier molecular flexibility index (Phi) is 4.70. The summed E-state index contributed by atoms with van der Waals surface area (Å²) < 4.78 is 5.15. The van der Waals surface area contributed by atoms with Gasteiger partial charge in [-0.05, 0) is 39.4 Å². The van der Waals surface area contributed by atoms with E-state index in [1.807, 2.05) is 7.05 Å². The van der Waals surface area contributed by atoms with E-state index in [9.17, 15) is 0 Å². The minimum absolute atomic E-state index is 0.576. The highest BCUT2D eigenvalue weighted by Gasteiger charge is 2.24. The lowest BCUT2D eigenvalue weighted by Crippen LogP contribution is -2.35. The largest absolute Gasteiger partial charge is 0.383 e. The average Bonchev–Trinajstić information content (AvgIpc) is 2.54. The topological polar surface area (TPSA) is 24.5 Å². The van der Waals surface area contributed by atoms with Crippen LogP contribution in [0.2, 0.25) is 0 Å². The molecule has 1 fully saturated rings. The normalized spacial score (nSPS) is 26.5. The van der Waals surface area contributed by atoms with E-state index >= 15 is 0 Å². The highest BCUT2D eigenvalue weighted by atomic mass is 16.5. The molecule has 0 aromatic rings. The lowest BCUT2D eigenvalue weighted by Gasteiger charge is -2.23. The Morgan fingerprint density at radius 2 is 2.38 bits per heavy atom. The number of methoxy groups -OCH3 is 1. The van der Waals surface area contributed by atoms with Gasteiger partial charge in [0.1, 0.15) is 0 Å². The van der Waals surface area contributed by atoms with Crippen molar-refractivity contribution in [3.8, 4) is 0 Å². The molecule has 1 aliphatic heterocycles. The van der Waals surface area contributed by atoms with Crippen molar-refractivity contribution in [2.45, 2.75) is 19.4 Å². The molecule has 2 atom stereocenters. The Balaban J connectivity index is 2.23. The van der Waals surface area contributed by atoms with Crippen LogP contribution < -0.4 is 5.32 Å². The number of hydrogen-bond acceptors (Lipinski definition) is 3. The van der Waals surface area contributed by atoms with Crippen LogP contribution in [0.4, 0.5) is 0 Å². The molecule has 3 nitrogen and oxygen atoms in total. The third-order valence-corrected chi connectivity index (χ3v) is 2.84. The summed E-state index contributed by atoms with van der Waals surface area (Å²) in [6.07, 6.45) is 1.33. The van der Waals surface area contributed by atoms with Gasteiger partial charge in [0.15, 0.2) is 0 Å². The molecule has 13 heavy (non-hydrogen) atoms. The van der Waals surface area contributed by atoms with Gasteiger partial charge in [-0.3, -0.25) is 4.90 Å². The lowest BCUT2D eigenvalue weighted by atomic mass is 10.1. The van der Waals surface area contributed by atoms with Crippen LogP contribution in [0.1, 0.15) is 13.3 Å². The van der Waals surface area contributed by atoms with Crippen LogP contribution in [0.25, 0.3) is 0 Å². The molecular formula is C10H22N2O. The van der Waals surface area contributed by atoms with Crippen LogP contribution in [0.3, 0.4) is 0 Å². The van der Waals surface area contributed by atoms with Crippen molar-refractivity contribution in [2.75, 3.05) is 40.4 Å². The van der Waals surface area contributed by atoms with E-state index < -0.39 is 0 Å². The number of nitrogens with zero attached hydrogens (tertiary/aromatic N) is 1. The predicted octanol–water partition coefficient (Wildman–Crippen LogP) is 0.563. The molecule has 3 heteroatoms. The van der Waals surface area contributed by atoms with Gasteiger partial charge in [0.25, 0.3) is 0 Å².